The van der Waals surface area contributed by atoms with Crippen molar-refractivity contribution in [1.29, 1.82) is 0 Å². The highest BCUT2D eigenvalue weighted by Gasteiger charge is 2.01. The molecule has 1 rings (SSSR count). The maximum atomic E-state index is 3.01. The molecule has 1 unspecified atom stereocenters. The Hall–Kier alpha value is -0.150. The molecule has 1 atom stereocenters. The Balaban J connectivity index is 2.28. The van der Waals surface area contributed by atoms with Gasteiger partial charge in [0.15, 0.2) is 0 Å². The van der Waals surface area contributed by atoms with Crippen LogP contribution < -0.4 is 10.9 Å². The van der Waals surface area contributed by atoms with E-state index in [-0.39, 0.29) is 0 Å². The van der Waals surface area contributed by atoms with Crippen molar-refractivity contribution in [2.45, 2.75) is 5.37 Å². The maximum absolute atomic E-state index is 3.01. The number of hydrogen-bond acceptors (Lipinski definition) is 3. The molecule has 2 N–H and O–H groups in total. The molecule has 0 radical (unpaired) electrons. The first-order valence-corrected chi connectivity index (χ1v) is 3.43. The Labute approximate surface area is 47.3 Å². The molecule has 0 saturated carbocycles. The predicted octanol–water partition coefficient (Wildman–Crippen LogP) is 0.297. The van der Waals surface area contributed by atoms with Crippen LogP contribution in [0.25, 0.3) is 0 Å². The van der Waals surface area contributed by atoms with Crippen molar-refractivity contribution in [3.63, 3.8) is 0 Å². The topological polar surface area (TPSA) is 24.1 Å². The van der Waals surface area contributed by atoms with Gasteiger partial charge in [-0.15, -0.1) is 11.8 Å². The molecule has 1 heterocycles. The zero-order valence-electron chi connectivity index (χ0n) is 4.14. The van der Waals surface area contributed by atoms with Crippen LogP contribution in [0.1, 0.15) is 0 Å². The normalized spacial score (nSPS) is 27.9. The van der Waals surface area contributed by atoms with Crippen LogP contribution in [0.15, 0.2) is 12.3 Å². The summed E-state index contributed by atoms with van der Waals surface area (Å²) in [6, 6.07) is 0. The van der Waals surface area contributed by atoms with E-state index in [0.717, 1.165) is 0 Å². The van der Waals surface area contributed by atoms with Crippen LogP contribution in [-0.2, 0) is 0 Å². The van der Waals surface area contributed by atoms with Gasteiger partial charge in [0.2, 0.25) is 0 Å². The minimum absolute atomic E-state index is 0.472. The fourth-order valence-corrected chi connectivity index (χ4v) is 0.873. The van der Waals surface area contributed by atoms with E-state index in [1.807, 2.05) is 6.20 Å². The Kier molecular flexibility index (Phi) is 1.59. The lowest BCUT2D eigenvalue weighted by molar-refractivity contribution is 0.700. The average Bonchev–Trinajstić information content (AvgIpc) is 2.14. The van der Waals surface area contributed by atoms with Crippen LogP contribution in [0.3, 0.4) is 0 Å². The molecule has 0 aromatic carbocycles. The summed E-state index contributed by atoms with van der Waals surface area (Å²) in [5.74, 6) is 0. The van der Waals surface area contributed by atoms with Crippen molar-refractivity contribution < 1.29 is 0 Å². The molecule has 0 spiro atoms. The second kappa shape index (κ2) is 2.23. The number of thioether (sulfide) groups is 1. The second-order valence-electron chi connectivity index (χ2n) is 1.30. The van der Waals surface area contributed by atoms with Crippen LogP contribution in [0.5, 0.6) is 0 Å². The molecule has 40 valence electrons. The van der Waals surface area contributed by atoms with Crippen molar-refractivity contribution in [3.05, 3.63) is 12.3 Å². The summed E-state index contributed by atoms with van der Waals surface area (Å²) >= 11 is 1.77. The Bertz CT molecular complexity index is 81.8. The third kappa shape index (κ3) is 1.11. The molecule has 2 nitrogen and oxygen atoms in total. The van der Waals surface area contributed by atoms with Gasteiger partial charge in [0, 0.05) is 6.20 Å². The van der Waals surface area contributed by atoms with Crippen molar-refractivity contribution in [2.24, 2.45) is 0 Å². The van der Waals surface area contributed by atoms with Crippen LogP contribution in [0.2, 0.25) is 0 Å². The van der Waals surface area contributed by atoms with E-state index < -0.39 is 0 Å². The Morgan fingerprint density at radius 3 is 2.86 bits per heavy atom. The van der Waals surface area contributed by atoms with Crippen LogP contribution >= 0.6 is 11.8 Å². The molecule has 3 heteroatoms. The second-order valence-corrected chi connectivity index (χ2v) is 2.28. The fourth-order valence-electron chi connectivity index (χ4n) is 0.451. The van der Waals surface area contributed by atoms with Crippen LogP contribution in [0, 0.1) is 0 Å². The van der Waals surface area contributed by atoms with E-state index in [2.05, 4.69) is 23.2 Å². The SMILES string of the molecule is CSC1C=CNN1. The molecular formula is C4H8N2S. The van der Waals surface area contributed by atoms with Gasteiger partial charge in [-0.05, 0) is 12.3 Å². The van der Waals surface area contributed by atoms with Gasteiger partial charge in [0.25, 0.3) is 0 Å². The van der Waals surface area contributed by atoms with E-state index >= 15 is 0 Å². The van der Waals surface area contributed by atoms with Crippen LogP contribution in [0.4, 0.5) is 0 Å². The highest BCUT2D eigenvalue weighted by atomic mass is 32.2. The van der Waals surface area contributed by atoms with Crippen molar-refractivity contribution in [3.8, 4) is 0 Å². The first-order valence-electron chi connectivity index (χ1n) is 2.14. The monoisotopic (exact) mass is 116 g/mol. The van der Waals surface area contributed by atoms with Gasteiger partial charge in [-0.3, -0.25) is 0 Å². The van der Waals surface area contributed by atoms with Gasteiger partial charge in [0.05, 0.1) is 5.37 Å². The third-order valence-corrected chi connectivity index (χ3v) is 1.62. The largest absolute Gasteiger partial charge is 0.328 e. The van der Waals surface area contributed by atoms with Gasteiger partial charge < -0.3 is 5.43 Å². The van der Waals surface area contributed by atoms with E-state index in [4.69, 9.17) is 0 Å². The van der Waals surface area contributed by atoms with Gasteiger partial charge in [-0.1, -0.05) is 0 Å². The summed E-state index contributed by atoms with van der Waals surface area (Å²) in [7, 11) is 0. The lowest BCUT2D eigenvalue weighted by Crippen LogP contribution is -2.27. The van der Waals surface area contributed by atoms with E-state index in [1.54, 1.807) is 11.8 Å². The molecule has 0 saturated heterocycles. The summed E-state index contributed by atoms with van der Waals surface area (Å²) in [5, 5.41) is 0.472. The number of rotatable bonds is 1. The smallest absolute Gasteiger partial charge is 0.0908 e. The molecule has 0 aliphatic carbocycles. The first-order chi connectivity index (χ1) is 3.43. The maximum Gasteiger partial charge on any atom is 0.0908 e. The summed E-state index contributed by atoms with van der Waals surface area (Å²) in [5.41, 5.74) is 5.88. The number of hydrazine groups is 1. The molecule has 0 amide bonds. The summed E-state index contributed by atoms with van der Waals surface area (Å²) in [6.07, 6.45) is 6.04. The molecule has 1 aliphatic rings. The summed E-state index contributed by atoms with van der Waals surface area (Å²) in [6.45, 7) is 0. The lowest BCUT2D eigenvalue weighted by atomic mass is 10.6. The summed E-state index contributed by atoms with van der Waals surface area (Å²) < 4.78 is 0. The van der Waals surface area contributed by atoms with E-state index in [0.29, 0.717) is 5.37 Å². The van der Waals surface area contributed by atoms with Crippen LogP contribution in [-0.4, -0.2) is 11.6 Å². The Morgan fingerprint density at radius 2 is 2.57 bits per heavy atom. The van der Waals surface area contributed by atoms with Gasteiger partial charge >= 0.3 is 0 Å². The fraction of sp³-hybridized carbons (Fsp3) is 0.500. The van der Waals surface area contributed by atoms with E-state index in [1.165, 1.54) is 0 Å². The zero-order chi connectivity index (χ0) is 5.11. The first kappa shape index (κ1) is 5.00. The molecule has 7 heavy (non-hydrogen) atoms. The minimum Gasteiger partial charge on any atom is -0.328 e. The van der Waals surface area contributed by atoms with Crippen molar-refractivity contribution in [2.75, 3.05) is 6.26 Å². The standard InChI is InChI=1S/C4H8N2S/c1-7-4-2-3-5-6-4/h2-6H,1H3. The predicted molar refractivity (Wildman–Crippen MR) is 32.7 cm³/mol. The molecule has 0 bridgehead atoms. The summed E-state index contributed by atoms with van der Waals surface area (Å²) in [4.78, 5) is 0. The van der Waals surface area contributed by atoms with Crippen molar-refractivity contribution >= 4 is 11.8 Å². The lowest BCUT2D eigenvalue weighted by Gasteiger charge is -2.01. The van der Waals surface area contributed by atoms with Gasteiger partial charge in [-0.25, -0.2) is 5.43 Å². The highest BCUT2D eigenvalue weighted by Crippen LogP contribution is 2.04. The molecule has 0 aromatic heterocycles. The highest BCUT2D eigenvalue weighted by molar-refractivity contribution is 7.99. The average molecular weight is 116 g/mol. The molecule has 1 aliphatic heterocycles. The number of hydrogen-bond donors (Lipinski definition) is 2. The van der Waals surface area contributed by atoms with E-state index in [9.17, 15) is 0 Å². The zero-order valence-corrected chi connectivity index (χ0v) is 4.96. The quantitative estimate of drug-likeness (QED) is 0.515. The van der Waals surface area contributed by atoms with Gasteiger partial charge in [0.1, 0.15) is 0 Å². The number of nitrogens with one attached hydrogen (secondary N) is 2. The molecule has 0 aromatic rings. The van der Waals surface area contributed by atoms with Crippen molar-refractivity contribution in [1.82, 2.24) is 10.9 Å². The minimum atomic E-state index is 0.472. The van der Waals surface area contributed by atoms with Gasteiger partial charge in [-0.2, -0.15) is 0 Å². The Morgan fingerprint density at radius 1 is 1.71 bits per heavy atom. The molecule has 0 fully saturated rings. The molecular weight excluding hydrogens is 108 g/mol. The third-order valence-electron chi connectivity index (χ3n) is 0.834.